The summed E-state index contributed by atoms with van der Waals surface area (Å²) in [6, 6.07) is 0. The molecule has 0 fully saturated rings. The summed E-state index contributed by atoms with van der Waals surface area (Å²) in [7, 11) is 0. The van der Waals surface area contributed by atoms with Gasteiger partial charge in [0.1, 0.15) is 0 Å². The van der Waals surface area contributed by atoms with E-state index in [-0.39, 0.29) is 130 Å². The molecule has 5 heteroatoms. The van der Waals surface area contributed by atoms with E-state index in [1.54, 1.807) is 0 Å². The fraction of sp³-hybridized carbons (Fsp3) is 0. The minimum atomic E-state index is 0. The Labute approximate surface area is 126 Å². The zero-order valence-electron chi connectivity index (χ0n) is 2.50. The number of rotatable bonds is 0. The molecule has 20 radical (unpaired) electrons. The second-order valence-corrected chi connectivity index (χ2v) is 0. The van der Waals surface area contributed by atoms with Gasteiger partial charge in [0.15, 0.2) is 0 Å². The van der Waals surface area contributed by atoms with Crippen LogP contribution >= 0.6 is 0 Å². The summed E-state index contributed by atoms with van der Waals surface area (Å²) in [4.78, 5) is 0. The van der Waals surface area contributed by atoms with Crippen molar-refractivity contribution in [3.8, 4) is 0 Å². The summed E-state index contributed by atoms with van der Waals surface area (Å²) in [5.74, 6) is 0. The van der Waals surface area contributed by atoms with E-state index < -0.39 is 0 Å². The van der Waals surface area contributed by atoms with E-state index in [0.717, 1.165) is 0 Å². The molecule has 0 saturated carbocycles. The van der Waals surface area contributed by atoms with Gasteiger partial charge in [-0.3, -0.25) is 0 Å². The SMILES string of the molecule is [Pb].[Pb].[Pb].[Sn].[Sn]. The third-order valence-electron chi connectivity index (χ3n) is 0. The molecule has 0 aliphatic heterocycles. The molecule has 0 aliphatic carbocycles. The molecule has 0 amide bonds. The first-order valence-electron chi connectivity index (χ1n) is 0. The molecule has 0 atom stereocenters. The monoisotopic (exact) mass is 864 g/mol. The molecule has 0 unspecified atom stereocenters. The van der Waals surface area contributed by atoms with Gasteiger partial charge < -0.3 is 0 Å². The van der Waals surface area contributed by atoms with Crippen molar-refractivity contribution in [3.63, 3.8) is 0 Å². The first-order chi connectivity index (χ1) is 0. The Morgan fingerprint density at radius 2 is 0.400 bits per heavy atom. The van der Waals surface area contributed by atoms with Gasteiger partial charge >= 0.3 is 0 Å². The van der Waals surface area contributed by atoms with Crippen molar-refractivity contribution < 1.29 is 0 Å². The zero-order chi connectivity index (χ0) is 0. The van der Waals surface area contributed by atoms with E-state index in [9.17, 15) is 0 Å². The van der Waals surface area contributed by atoms with E-state index in [4.69, 9.17) is 0 Å². The van der Waals surface area contributed by atoms with Crippen molar-refractivity contribution in [2.75, 3.05) is 0 Å². The van der Waals surface area contributed by atoms with Crippen molar-refractivity contribution >= 4 is 130 Å². The fourth-order valence-electron chi connectivity index (χ4n) is 0. The van der Waals surface area contributed by atoms with E-state index in [0.29, 0.717) is 0 Å². The van der Waals surface area contributed by atoms with E-state index in [1.807, 2.05) is 0 Å². The summed E-state index contributed by atoms with van der Waals surface area (Å²) in [6.45, 7) is 0. The van der Waals surface area contributed by atoms with Crippen LogP contribution in [0.1, 0.15) is 0 Å². The predicted octanol–water partition coefficient (Wildman–Crippen LogP) is -1.90. The van der Waals surface area contributed by atoms with Crippen molar-refractivity contribution in [1.82, 2.24) is 0 Å². The summed E-state index contributed by atoms with van der Waals surface area (Å²) in [5, 5.41) is 0. The molecule has 0 spiro atoms. The molecule has 0 aliphatic rings. The van der Waals surface area contributed by atoms with Gasteiger partial charge in [0.25, 0.3) is 0 Å². The molecule has 0 bridgehead atoms. The third kappa shape index (κ3) is 17.8. The van der Waals surface area contributed by atoms with E-state index >= 15 is 0 Å². The second-order valence-electron chi connectivity index (χ2n) is 0. The smallest absolute Gasteiger partial charge is 0 e. The summed E-state index contributed by atoms with van der Waals surface area (Å²) >= 11 is 0. The van der Waals surface area contributed by atoms with Crippen LogP contribution in [0, 0.1) is 0 Å². The minimum Gasteiger partial charge on any atom is 0 e. The maximum Gasteiger partial charge on any atom is 0 e. The Kier molecular flexibility index (Phi) is 164. The molecule has 0 aromatic rings. The maximum atomic E-state index is 0. The van der Waals surface area contributed by atoms with Gasteiger partial charge in [-0.15, -0.1) is 0 Å². The summed E-state index contributed by atoms with van der Waals surface area (Å²) < 4.78 is 0. The van der Waals surface area contributed by atoms with Gasteiger partial charge in [-0.25, -0.2) is 0 Å². The topological polar surface area (TPSA) is 0 Å². The molecule has 20 valence electrons. The first-order valence-corrected chi connectivity index (χ1v) is 0. The molecule has 0 heterocycles. The average molecular weight is 859 g/mol. The molecule has 0 aromatic heterocycles. The van der Waals surface area contributed by atoms with Gasteiger partial charge in [0.05, 0.1) is 0 Å². The average Bonchev–Trinajstić information content (AvgIpc) is 0. The molecule has 0 rings (SSSR count). The van der Waals surface area contributed by atoms with E-state index in [1.165, 1.54) is 0 Å². The predicted molar refractivity (Wildman–Crippen MR) is 28.8 cm³/mol. The minimum absolute atomic E-state index is 0. The Hall–Kier alpha value is 4.36. The van der Waals surface area contributed by atoms with Crippen LogP contribution in [-0.2, 0) is 0 Å². The van der Waals surface area contributed by atoms with Crippen LogP contribution in [0.15, 0.2) is 0 Å². The fourth-order valence-corrected chi connectivity index (χ4v) is 0. The molecular weight excluding hydrogens is 859 g/mol. The van der Waals surface area contributed by atoms with Crippen LogP contribution < -0.4 is 0 Å². The third-order valence-corrected chi connectivity index (χ3v) is 0. The van der Waals surface area contributed by atoms with Gasteiger partial charge in [0, 0.05) is 130 Å². The van der Waals surface area contributed by atoms with Gasteiger partial charge in [-0.2, -0.15) is 0 Å². The van der Waals surface area contributed by atoms with Crippen LogP contribution in [0.3, 0.4) is 0 Å². The molecule has 0 N–H and O–H groups in total. The van der Waals surface area contributed by atoms with Gasteiger partial charge in [-0.05, 0) is 0 Å². The van der Waals surface area contributed by atoms with Crippen LogP contribution in [0.5, 0.6) is 0 Å². The number of hydrogen-bond acceptors (Lipinski definition) is 0. The quantitative estimate of drug-likeness (QED) is 0.250. The molecule has 0 aromatic carbocycles. The first kappa shape index (κ1) is 34.4. The van der Waals surface area contributed by atoms with E-state index in [2.05, 4.69) is 0 Å². The van der Waals surface area contributed by atoms with Crippen molar-refractivity contribution in [2.45, 2.75) is 0 Å². The Morgan fingerprint density at radius 3 is 0.400 bits per heavy atom. The van der Waals surface area contributed by atoms with Crippen LogP contribution in [0.25, 0.3) is 0 Å². The van der Waals surface area contributed by atoms with Crippen molar-refractivity contribution in [1.29, 1.82) is 0 Å². The molecule has 0 saturated heterocycles. The normalized spacial score (nSPS) is 0. The Balaban J connectivity index is 0. The number of hydrogen-bond donors (Lipinski definition) is 0. The zero-order valence-corrected chi connectivity index (χ0v) is 19.9. The molecule has 0 nitrogen and oxygen atoms in total. The van der Waals surface area contributed by atoms with Gasteiger partial charge in [0.2, 0.25) is 0 Å². The second kappa shape index (κ2) is 23.8. The standard InChI is InChI=1S/3Pb.2Sn. The van der Waals surface area contributed by atoms with Gasteiger partial charge in [-0.1, -0.05) is 0 Å². The van der Waals surface area contributed by atoms with Crippen LogP contribution in [-0.4, -0.2) is 130 Å². The Bertz CT molecular complexity index is 4.85. The molecule has 5 heavy (non-hydrogen) atoms. The molecular formula is Pb3Sn2. The Morgan fingerprint density at radius 1 is 0.400 bits per heavy atom. The van der Waals surface area contributed by atoms with Crippen LogP contribution in [0.2, 0.25) is 0 Å². The van der Waals surface area contributed by atoms with Crippen LogP contribution in [0.4, 0.5) is 0 Å². The van der Waals surface area contributed by atoms with Crippen molar-refractivity contribution in [2.24, 2.45) is 0 Å². The summed E-state index contributed by atoms with van der Waals surface area (Å²) in [6.07, 6.45) is 0. The largest absolute Gasteiger partial charge is 0 e. The maximum absolute atomic E-state index is 0. The van der Waals surface area contributed by atoms with Crippen molar-refractivity contribution in [3.05, 3.63) is 0 Å². The summed E-state index contributed by atoms with van der Waals surface area (Å²) in [5.41, 5.74) is 0.